The second-order valence-electron chi connectivity index (χ2n) is 6.50. The predicted molar refractivity (Wildman–Crippen MR) is 127 cm³/mol. The minimum absolute atomic E-state index is 0. The second-order valence-corrected chi connectivity index (χ2v) is 8.28. The van der Waals surface area contributed by atoms with Crippen LogP contribution in [0.5, 0.6) is 5.75 Å². The molecular weight excluding hydrogens is 495 g/mol. The Hall–Kier alpha value is -1.38. The Morgan fingerprint density at radius 2 is 1.93 bits per heavy atom. The van der Waals surface area contributed by atoms with Crippen LogP contribution in [0.25, 0.3) is 0 Å². The maximum atomic E-state index is 6.01. The number of anilines is 2. The fraction of sp³-hybridized carbons (Fsp3) is 0.300. The topological polar surface area (TPSA) is 59.1 Å². The first-order valence-electron chi connectivity index (χ1n) is 9.03. The Balaban J connectivity index is 0.00000150. The van der Waals surface area contributed by atoms with Crippen LogP contribution in [0.15, 0.2) is 52.4 Å². The van der Waals surface area contributed by atoms with E-state index in [-0.39, 0.29) is 24.8 Å². The van der Waals surface area contributed by atoms with Crippen molar-refractivity contribution < 1.29 is 4.74 Å². The highest BCUT2D eigenvalue weighted by atomic mass is 79.9. The van der Waals surface area contributed by atoms with Gasteiger partial charge < -0.3 is 15.4 Å². The summed E-state index contributed by atoms with van der Waals surface area (Å²) >= 11 is 5.09. The first kappa shape index (κ1) is 23.9. The zero-order valence-corrected chi connectivity index (χ0v) is 19.7. The first-order valence-corrected chi connectivity index (χ1v) is 10.7. The lowest BCUT2D eigenvalue weighted by Gasteiger charge is -2.20. The maximum Gasteiger partial charge on any atom is 0.188 e. The first-order chi connectivity index (χ1) is 13.3. The summed E-state index contributed by atoms with van der Waals surface area (Å²) in [6, 6.07) is 12.0. The van der Waals surface area contributed by atoms with Gasteiger partial charge in [-0.15, -0.1) is 36.2 Å². The van der Waals surface area contributed by atoms with E-state index in [0.29, 0.717) is 24.1 Å². The van der Waals surface area contributed by atoms with Gasteiger partial charge in [-0.2, -0.15) is 0 Å². The third kappa shape index (κ3) is 6.55. The van der Waals surface area contributed by atoms with Crippen LogP contribution in [0.2, 0.25) is 0 Å². The highest BCUT2D eigenvalue weighted by Crippen LogP contribution is 2.33. The van der Waals surface area contributed by atoms with Crippen molar-refractivity contribution in [2.45, 2.75) is 25.4 Å². The van der Waals surface area contributed by atoms with E-state index in [2.05, 4.69) is 36.9 Å². The van der Waals surface area contributed by atoms with Gasteiger partial charge in [0.2, 0.25) is 0 Å². The largest absolute Gasteiger partial charge is 0.485 e. The molecule has 0 unspecified atom stereocenters. The third-order valence-corrected chi connectivity index (χ3v) is 5.77. The van der Waals surface area contributed by atoms with Gasteiger partial charge in [-0.1, -0.05) is 30.3 Å². The number of rotatable bonds is 6. The highest BCUT2D eigenvalue weighted by Gasteiger charge is 2.18. The number of pyridine rings is 1. The van der Waals surface area contributed by atoms with E-state index in [1.807, 2.05) is 36.4 Å². The van der Waals surface area contributed by atoms with Crippen molar-refractivity contribution in [3.63, 3.8) is 0 Å². The minimum atomic E-state index is 0. The molecule has 1 aromatic carbocycles. The molecule has 1 saturated heterocycles. The van der Waals surface area contributed by atoms with Crippen LogP contribution in [-0.2, 0) is 6.61 Å². The molecule has 0 radical (unpaired) electrons. The Morgan fingerprint density at radius 1 is 1.17 bits per heavy atom. The number of aromatic nitrogens is 2. The molecule has 0 saturated carbocycles. The van der Waals surface area contributed by atoms with Crippen LogP contribution >= 0.6 is 52.1 Å². The smallest absolute Gasteiger partial charge is 0.188 e. The molecule has 0 spiro atoms. The summed E-state index contributed by atoms with van der Waals surface area (Å²) in [5.74, 6) is 1.93. The Labute approximate surface area is 195 Å². The van der Waals surface area contributed by atoms with Gasteiger partial charge in [0.15, 0.2) is 16.7 Å². The van der Waals surface area contributed by atoms with E-state index in [1.165, 1.54) is 5.69 Å². The maximum absolute atomic E-state index is 6.01. The van der Waals surface area contributed by atoms with Gasteiger partial charge >= 0.3 is 0 Å². The van der Waals surface area contributed by atoms with E-state index in [9.17, 15) is 0 Å². The zero-order chi connectivity index (χ0) is 18.5. The number of piperidine rings is 1. The minimum Gasteiger partial charge on any atom is -0.485 e. The summed E-state index contributed by atoms with van der Waals surface area (Å²) in [5.41, 5.74) is 2.29. The van der Waals surface area contributed by atoms with Gasteiger partial charge in [0.1, 0.15) is 6.61 Å². The monoisotopic (exact) mass is 516 g/mol. The van der Waals surface area contributed by atoms with Crippen molar-refractivity contribution in [3.8, 4) is 5.75 Å². The van der Waals surface area contributed by atoms with Crippen LogP contribution < -0.4 is 15.4 Å². The molecule has 1 aliphatic rings. The van der Waals surface area contributed by atoms with Crippen LogP contribution in [0.4, 0.5) is 10.9 Å². The summed E-state index contributed by atoms with van der Waals surface area (Å²) in [7, 11) is 0. The van der Waals surface area contributed by atoms with Crippen LogP contribution in [0, 0.1) is 0 Å². The van der Waals surface area contributed by atoms with Crippen molar-refractivity contribution in [1.29, 1.82) is 0 Å². The number of hydrogen-bond donors (Lipinski definition) is 2. The fourth-order valence-electron chi connectivity index (χ4n) is 3.11. The molecule has 1 fully saturated rings. The van der Waals surface area contributed by atoms with Gasteiger partial charge in [-0.25, -0.2) is 9.97 Å². The number of halogens is 3. The standard InChI is InChI=1S/C20H21BrN4OS.2ClH/c21-16-10-18(26-12-14-4-2-1-3-5-14)19(23-11-16)25-20-24-17(13-27-20)15-6-8-22-9-7-15;;/h1-5,10-11,13,15,22H,6-9,12H2,(H,23,24,25);2*1H. The molecule has 0 atom stereocenters. The lowest BCUT2D eigenvalue weighted by molar-refractivity contribution is 0.306. The van der Waals surface area contributed by atoms with Gasteiger partial charge in [0, 0.05) is 22.0 Å². The number of benzene rings is 1. The number of nitrogens with zero attached hydrogens (tertiary/aromatic N) is 2. The zero-order valence-electron chi connectivity index (χ0n) is 15.6. The van der Waals surface area contributed by atoms with Crippen molar-refractivity contribution in [3.05, 3.63) is 63.7 Å². The molecule has 29 heavy (non-hydrogen) atoms. The van der Waals surface area contributed by atoms with E-state index >= 15 is 0 Å². The summed E-state index contributed by atoms with van der Waals surface area (Å²) < 4.78 is 6.89. The average Bonchev–Trinajstić information content (AvgIpc) is 3.18. The molecule has 4 rings (SSSR count). The Kier molecular flexibility index (Phi) is 9.65. The van der Waals surface area contributed by atoms with E-state index in [4.69, 9.17) is 9.72 Å². The normalized spacial score (nSPS) is 13.8. The van der Waals surface area contributed by atoms with E-state index in [1.54, 1.807) is 17.5 Å². The van der Waals surface area contributed by atoms with Crippen LogP contribution in [0.3, 0.4) is 0 Å². The summed E-state index contributed by atoms with van der Waals surface area (Å²) in [6.07, 6.45) is 4.05. The van der Waals surface area contributed by atoms with Crippen molar-refractivity contribution in [1.82, 2.24) is 15.3 Å². The second kappa shape index (κ2) is 11.7. The van der Waals surface area contributed by atoms with Crippen molar-refractivity contribution in [2.24, 2.45) is 0 Å². The molecule has 0 aliphatic carbocycles. The number of nitrogens with one attached hydrogen (secondary N) is 2. The van der Waals surface area contributed by atoms with E-state index in [0.717, 1.165) is 41.1 Å². The lowest BCUT2D eigenvalue weighted by atomic mass is 9.96. The van der Waals surface area contributed by atoms with Crippen molar-refractivity contribution >= 4 is 63.0 Å². The molecule has 3 heterocycles. The van der Waals surface area contributed by atoms with Crippen LogP contribution in [-0.4, -0.2) is 23.1 Å². The number of hydrogen-bond acceptors (Lipinski definition) is 6. The van der Waals surface area contributed by atoms with Crippen LogP contribution in [0.1, 0.15) is 30.0 Å². The molecule has 0 bridgehead atoms. The molecule has 3 aromatic rings. The fourth-order valence-corrected chi connectivity index (χ4v) is 4.21. The summed E-state index contributed by atoms with van der Waals surface area (Å²) in [4.78, 5) is 9.26. The van der Waals surface area contributed by atoms with E-state index < -0.39 is 0 Å². The number of ether oxygens (including phenoxy) is 1. The molecule has 2 N–H and O–H groups in total. The molecule has 9 heteroatoms. The summed E-state index contributed by atoms with van der Waals surface area (Å²) in [6.45, 7) is 2.62. The molecule has 1 aliphatic heterocycles. The van der Waals surface area contributed by atoms with Gasteiger partial charge in [-0.3, -0.25) is 0 Å². The average molecular weight is 518 g/mol. The van der Waals surface area contributed by atoms with Gasteiger partial charge in [-0.05, 0) is 53.5 Å². The Bertz CT molecular complexity index is 891. The third-order valence-electron chi connectivity index (χ3n) is 4.56. The van der Waals surface area contributed by atoms with Crippen molar-refractivity contribution in [2.75, 3.05) is 18.4 Å². The highest BCUT2D eigenvalue weighted by molar-refractivity contribution is 9.10. The number of thiazole rings is 1. The quantitative estimate of drug-likeness (QED) is 0.424. The predicted octanol–water partition coefficient (Wildman–Crippen LogP) is 5.93. The lowest BCUT2D eigenvalue weighted by Crippen LogP contribution is -2.26. The summed E-state index contributed by atoms with van der Waals surface area (Å²) in [5, 5.41) is 9.74. The SMILES string of the molecule is Brc1cnc(Nc2nc(C3CCNCC3)cs2)c(OCc2ccccc2)c1.Cl.Cl. The Morgan fingerprint density at radius 3 is 2.69 bits per heavy atom. The molecule has 2 aromatic heterocycles. The van der Waals surface area contributed by atoms with Gasteiger partial charge in [0.25, 0.3) is 0 Å². The molecular formula is C20H23BrCl2N4OS. The molecule has 156 valence electrons. The molecule has 5 nitrogen and oxygen atoms in total. The van der Waals surface area contributed by atoms with Gasteiger partial charge in [0.05, 0.1) is 5.69 Å². The molecule has 0 amide bonds.